The van der Waals surface area contributed by atoms with Crippen molar-refractivity contribution >= 4 is 31.6 Å². The van der Waals surface area contributed by atoms with Crippen LogP contribution >= 0.6 is 15.9 Å². The summed E-state index contributed by atoms with van der Waals surface area (Å²) in [5.41, 5.74) is 0.897. The fourth-order valence-electron chi connectivity index (χ4n) is 1.97. The quantitative estimate of drug-likeness (QED) is 0.907. The van der Waals surface area contributed by atoms with Gasteiger partial charge < -0.3 is 5.32 Å². The Balaban J connectivity index is 2.08. The Morgan fingerprint density at radius 2 is 2.24 bits per heavy atom. The van der Waals surface area contributed by atoms with Gasteiger partial charge in [0.25, 0.3) is 0 Å². The maximum absolute atomic E-state index is 11.5. The van der Waals surface area contributed by atoms with Crippen molar-refractivity contribution in [1.82, 2.24) is 4.98 Å². The summed E-state index contributed by atoms with van der Waals surface area (Å²) in [7, 11) is -2.87. The molecule has 6 heteroatoms. The first-order valence-corrected chi connectivity index (χ1v) is 8.18. The molecular formula is C11H15BrN2O2S. The summed E-state index contributed by atoms with van der Waals surface area (Å²) < 4.78 is 24.0. The number of sulfone groups is 1. The largest absolute Gasteiger partial charge is 0.366 e. The van der Waals surface area contributed by atoms with Crippen molar-refractivity contribution in [3.05, 3.63) is 22.3 Å². The Kier molecular flexibility index (Phi) is 3.73. The van der Waals surface area contributed by atoms with E-state index >= 15 is 0 Å². The molecule has 0 amide bonds. The first kappa shape index (κ1) is 12.8. The van der Waals surface area contributed by atoms with Crippen LogP contribution in [-0.2, 0) is 9.84 Å². The molecule has 1 N–H and O–H groups in total. The number of aryl methyl sites for hydroxylation is 1. The van der Waals surface area contributed by atoms with E-state index < -0.39 is 9.84 Å². The zero-order chi connectivity index (χ0) is 12.5. The lowest BCUT2D eigenvalue weighted by molar-refractivity contribution is 0.561. The van der Waals surface area contributed by atoms with Gasteiger partial charge in [-0.15, -0.1) is 0 Å². The average molecular weight is 319 g/mol. The SMILES string of the molecule is Cc1nc(NC2CCCS(=O)(=O)C2)ccc1Br. The van der Waals surface area contributed by atoms with Crippen molar-refractivity contribution in [2.75, 3.05) is 16.8 Å². The second-order valence-corrected chi connectivity index (χ2v) is 7.44. The van der Waals surface area contributed by atoms with Crippen LogP contribution in [0.2, 0.25) is 0 Å². The molecule has 4 nitrogen and oxygen atoms in total. The highest BCUT2D eigenvalue weighted by Crippen LogP contribution is 2.19. The number of hydrogen-bond acceptors (Lipinski definition) is 4. The minimum Gasteiger partial charge on any atom is -0.366 e. The minimum atomic E-state index is -2.87. The van der Waals surface area contributed by atoms with E-state index in [1.54, 1.807) is 0 Å². The van der Waals surface area contributed by atoms with Gasteiger partial charge in [0.2, 0.25) is 0 Å². The zero-order valence-electron chi connectivity index (χ0n) is 9.61. The Bertz CT molecular complexity index is 516. The van der Waals surface area contributed by atoms with Crippen molar-refractivity contribution in [2.24, 2.45) is 0 Å². The highest BCUT2D eigenvalue weighted by Gasteiger charge is 2.24. The fourth-order valence-corrected chi connectivity index (χ4v) is 3.83. The number of anilines is 1. The Hall–Kier alpha value is -0.620. The maximum atomic E-state index is 11.5. The van der Waals surface area contributed by atoms with E-state index in [1.807, 2.05) is 19.1 Å². The lowest BCUT2D eigenvalue weighted by atomic mass is 10.2. The van der Waals surface area contributed by atoms with Gasteiger partial charge in [-0.3, -0.25) is 0 Å². The van der Waals surface area contributed by atoms with Gasteiger partial charge in [0, 0.05) is 10.5 Å². The lowest BCUT2D eigenvalue weighted by Crippen LogP contribution is -2.35. The summed E-state index contributed by atoms with van der Waals surface area (Å²) in [4.78, 5) is 4.36. The van der Waals surface area contributed by atoms with Gasteiger partial charge in [-0.05, 0) is 47.8 Å². The molecule has 1 aromatic heterocycles. The van der Waals surface area contributed by atoms with E-state index in [1.165, 1.54) is 0 Å². The third kappa shape index (κ3) is 3.42. The maximum Gasteiger partial charge on any atom is 0.152 e. The van der Waals surface area contributed by atoms with E-state index in [-0.39, 0.29) is 11.8 Å². The van der Waals surface area contributed by atoms with Gasteiger partial charge in [0.05, 0.1) is 17.2 Å². The molecule has 2 rings (SSSR count). The van der Waals surface area contributed by atoms with Crippen LogP contribution in [0.3, 0.4) is 0 Å². The summed E-state index contributed by atoms with van der Waals surface area (Å²) >= 11 is 3.39. The number of hydrogen-bond donors (Lipinski definition) is 1. The molecule has 1 aliphatic rings. The number of aromatic nitrogens is 1. The summed E-state index contributed by atoms with van der Waals surface area (Å²) in [6.07, 6.45) is 1.62. The molecule has 0 radical (unpaired) electrons. The van der Waals surface area contributed by atoms with Crippen molar-refractivity contribution in [2.45, 2.75) is 25.8 Å². The molecule has 0 saturated carbocycles. The molecule has 0 aliphatic carbocycles. The molecule has 1 aliphatic heterocycles. The van der Waals surface area contributed by atoms with Crippen molar-refractivity contribution in [3.8, 4) is 0 Å². The van der Waals surface area contributed by atoms with Crippen LogP contribution in [0.15, 0.2) is 16.6 Å². The standard InChI is InChI=1S/C11H15BrN2O2S/c1-8-10(12)4-5-11(13-8)14-9-3-2-6-17(15,16)7-9/h4-5,9H,2-3,6-7H2,1H3,(H,13,14). The van der Waals surface area contributed by atoms with Crippen molar-refractivity contribution in [1.29, 1.82) is 0 Å². The molecule has 1 saturated heterocycles. The molecule has 0 spiro atoms. The number of rotatable bonds is 2. The monoisotopic (exact) mass is 318 g/mol. The molecule has 1 fully saturated rings. The second-order valence-electron chi connectivity index (χ2n) is 4.36. The van der Waals surface area contributed by atoms with E-state index in [4.69, 9.17) is 0 Å². The van der Waals surface area contributed by atoms with E-state index in [9.17, 15) is 8.42 Å². The highest BCUT2D eigenvalue weighted by molar-refractivity contribution is 9.10. The first-order chi connectivity index (χ1) is 7.96. The van der Waals surface area contributed by atoms with Gasteiger partial charge in [-0.25, -0.2) is 13.4 Å². The summed E-state index contributed by atoms with van der Waals surface area (Å²) in [6, 6.07) is 3.77. The van der Waals surface area contributed by atoms with Crippen LogP contribution in [0.4, 0.5) is 5.82 Å². The summed E-state index contributed by atoms with van der Waals surface area (Å²) in [6.45, 7) is 1.91. The average Bonchev–Trinajstić information content (AvgIpc) is 2.22. The van der Waals surface area contributed by atoms with Crippen LogP contribution in [0, 0.1) is 6.92 Å². The Morgan fingerprint density at radius 3 is 2.88 bits per heavy atom. The predicted molar refractivity (Wildman–Crippen MR) is 72.0 cm³/mol. The summed E-state index contributed by atoms with van der Waals surface area (Å²) in [5.74, 6) is 1.27. The molecule has 2 heterocycles. The second kappa shape index (κ2) is 4.94. The van der Waals surface area contributed by atoms with Crippen LogP contribution in [0.25, 0.3) is 0 Å². The zero-order valence-corrected chi connectivity index (χ0v) is 12.0. The molecular weight excluding hydrogens is 304 g/mol. The first-order valence-electron chi connectivity index (χ1n) is 5.56. The fraction of sp³-hybridized carbons (Fsp3) is 0.545. The molecule has 0 aromatic carbocycles. The van der Waals surface area contributed by atoms with Gasteiger partial charge in [0.15, 0.2) is 9.84 Å². The van der Waals surface area contributed by atoms with E-state index in [2.05, 4.69) is 26.2 Å². The van der Waals surface area contributed by atoms with Gasteiger partial charge in [-0.1, -0.05) is 0 Å². The highest BCUT2D eigenvalue weighted by atomic mass is 79.9. The summed E-state index contributed by atoms with van der Waals surface area (Å²) in [5, 5.41) is 3.19. The van der Waals surface area contributed by atoms with Crippen LogP contribution < -0.4 is 5.32 Å². The smallest absolute Gasteiger partial charge is 0.152 e. The lowest BCUT2D eigenvalue weighted by Gasteiger charge is -2.23. The molecule has 1 atom stereocenters. The molecule has 0 bridgehead atoms. The minimum absolute atomic E-state index is 0.0122. The number of nitrogens with one attached hydrogen (secondary N) is 1. The third-order valence-electron chi connectivity index (χ3n) is 2.84. The van der Waals surface area contributed by atoms with E-state index in [0.29, 0.717) is 5.75 Å². The van der Waals surface area contributed by atoms with E-state index in [0.717, 1.165) is 28.8 Å². The Labute approximate surface area is 110 Å². The van der Waals surface area contributed by atoms with Crippen LogP contribution in [-0.4, -0.2) is 30.9 Å². The Morgan fingerprint density at radius 1 is 1.47 bits per heavy atom. The predicted octanol–water partition coefficient (Wildman–Crippen LogP) is 2.14. The number of halogens is 1. The molecule has 1 unspecified atom stereocenters. The molecule has 1 aromatic rings. The van der Waals surface area contributed by atoms with Crippen molar-refractivity contribution < 1.29 is 8.42 Å². The molecule has 94 valence electrons. The van der Waals surface area contributed by atoms with Crippen LogP contribution in [0.5, 0.6) is 0 Å². The van der Waals surface area contributed by atoms with Gasteiger partial charge in [-0.2, -0.15) is 0 Å². The number of pyridine rings is 1. The van der Waals surface area contributed by atoms with Gasteiger partial charge in [0.1, 0.15) is 5.82 Å². The van der Waals surface area contributed by atoms with Gasteiger partial charge >= 0.3 is 0 Å². The van der Waals surface area contributed by atoms with Crippen LogP contribution in [0.1, 0.15) is 18.5 Å². The molecule has 17 heavy (non-hydrogen) atoms. The number of nitrogens with zero attached hydrogens (tertiary/aromatic N) is 1. The third-order valence-corrected chi connectivity index (χ3v) is 5.50. The topological polar surface area (TPSA) is 59.1 Å². The van der Waals surface area contributed by atoms with Crippen molar-refractivity contribution in [3.63, 3.8) is 0 Å². The normalized spacial score (nSPS) is 23.3.